The summed E-state index contributed by atoms with van der Waals surface area (Å²) in [6.07, 6.45) is -1.83. The van der Waals surface area contributed by atoms with Crippen molar-refractivity contribution in [1.82, 2.24) is 20.4 Å². The first-order valence-electron chi connectivity index (χ1n) is 9.84. The lowest BCUT2D eigenvalue weighted by Crippen LogP contribution is -2.40. The number of nitrogens with one attached hydrogen (secondary N) is 2. The van der Waals surface area contributed by atoms with Crippen LogP contribution in [0.5, 0.6) is 0 Å². The Bertz CT molecular complexity index is 982. The van der Waals surface area contributed by atoms with Gasteiger partial charge in [0.1, 0.15) is 11.4 Å². The maximum absolute atomic E-state index is 14.6. The Morgan fingerprint density at radius 3 is 2.53 bits per heavy atom. The minimum atomic E-state index is -4.81. The Morgan fingerprint density at radius 1 is 1.20 bits per heavy atom. The van der Waals surface area contributed by atoms with E-state index in [1.165, 1.54) is 11.0 Å². The monoisotopic (exact) mass is 425 g/mol. The number of rotatable bonds is 4. The molecule has 1 aromatic heterocycles. The summed E-state index contributed by atoms with van der Waals surface area (Å²) in [5.74, 6) is -0.379. The fourth-order valence-electron chi connectivity index (χ4n) is 4.15. The van der Waals surface area contributed by atoms with Gasteiger partial charge in [-0.05, 0) is 56.2 Å². The van der Waals surface area contributed by atoms with E-state index in [9.17, 15) is 22.4 Å². The highest BCUT2D eigenvalue weighted by Gasteiger charge is 2.39. The summed E-state index contributed by atoms with van der Waals surface area (Å²) in [5.41, 5.74) is -1.00. The molecule has 30 heavy (non-hydrogen) atoms. The molecular weight excluding hydrogens is 402 g/mol. The van der Waals surface area contributed by atoms with Crippen molar-refractivity contribution in [2.75, 3.05) is 25.0 Å². The fourth-order valence-corrected chi connectivity index (χ4v) is 4.15. The molecule has 0 aliphatic carbocycles. The Labute approximate surface area is 170 Å². The van der Waals surface area contributed by atoms with Crippen molar-refractivity contribution in [2.24, 2.45) is 0 Å². The van der Waals surface area contributed by atoms with Gasteiger partial charge in [0, 0.05) is 31.2 Å². The van der Waals surface area contributed by atoms with Crippen LogP contribution in [0.2, 0.25) is 0 Å². The number of H-pyrrole nitrogens is 1. The van der Waals surface area contributed by atoms with Crippen LogP contribution in [0.3, 0.4) is 0 Å². The standard InChI is InChI=1S/C20H23F4N5O/c1-28-4-2-15(3-5-28)25-8-12-6-13-10-29(11-14(13)7-16(12)21)17-9-26-27-19(30)18(17)20(22,23)24/h6-7,9,15,25H,2-5,8,10-11H2,1H3,(H,27,30). The molecule has 2 aliphatic heterocycles. The van der Waals surface area contributed by atoms with Crippen molar-refractivity contribution in [3.8, 4) is 0 Å². The van der Waals surface area contributed by atoms with E-state index in [-0.39, 0.29) is 24.6 Å². The van der Waals surface area contributed by atoms with E-state index in [1.54, 1.807) is 6.07 Å². The third kappa shape index (κ3) is 4.20. The predicted octanol–water partition coefficient (Wildman–Crippen LogP) is 2.63. The highest BCUT2D eigenvalue weighted by Crippen LogP contribution is 2.37. The first-order chi connectivity index (χ1) is 14.2. The first-order valence-corrected chi connectivity index (χ1v) is 9.84. The van der Waals surface area contributed by atoms with Crippen molar-refractivity contribution in [3.63, 3.8) is 0 Å². The molecule has 162 valence electrons. The van der Waals surface area contributed by atoms with Gasteiger partial charge in [0.05, 0.1) is 11.9 Å². The second-order valence-corrected chi connectivity index (χ2v) is 7.98. The minimum absolute atomic E-state index is 0.0864. The summed E-state index contributed by atoms with van der Waals surface area (Å²) in [4.78, 5) is 15.4. The van der Waals surface area contributed by atoms with E-state index in [4.69, 9.17) is 0 Å². The number of hydrogen-bond acceptors (Lipinski definition) is 5. The molecule has 0 radical (unpaired) electrons. The average Bonchev–Trinajstić information content (AvgIpc) is 3.09. The molecule has 0 amide bonds. The minimum Gasteiger partial charge on any atom is -0.361 e. The normalized spacial score (nSPS) is 18.1. The predicted molar refractivity (Wildman–Crippen MR) is 104 cm³/mol. The number of fused-ring (bicyclic) bond motifs is 1. The zero-order chi connectivity index (χ0) is 21.5. The van der Waals surface area contributed by atoms with Gasteiger partial charge in [-0.25, -0.2) is 9.49 Å². The summed E-state index contributed by atoms with van der Waals surface area (Å²) >= 11 is 0. The van der Waals surface area contributed by atoms with Gasteiger partial charge >= 0.3 is 6.18 Å². The number of nitrogens with zero attached hydrogens (tertiary/aromatic N) is 3. The maximum Gasteiger partial charge on any atom is 0.423 e. The van der Waals surface area contributed by atoms with Crippen LogP contribution in [-0.2, 0) is 25.8 Å². The lowest BCUT2D eigenvalue weighted by molar-refractivity contribution is -0.138. The second kappa shape index (κ2) is 7.99. The number of anilines is 1. The summed E-state index contributed by atoms with van der Waals surface area (Å²) in [6, 6.07) is 3.41. The molecule has 0 saturated carbocycles. The summed E-state index contributed by atoms with van der Waals surface area (Å²) < 4.78 is 54.7. The zero-order valence-corrected chi connectivity index (χ0v) is 16.5. The van der Waals surface area contributed by atoms with E-state index in [0.717, 1.165) is 37.7 Å². The Balaban J connectivity index is 1.52. The number of benzene rings is 1. The molecule has 1 fully saturated rings. The van der Waals surface area contributed by atoms with Gasteiger partial charge in [0.15, 0.2) is 0 Å². The number of aromatic nitrogens is 2. The van der Waals surface area contributed by atoms with E-state index in [1.807, 2.05) is 5.10 Å². The smallest absolute Gasteiger partial charge is 0.361 e. The van der Waals surface area contributed by atoms with Crippen LogP contribution in [0.4, 0.5) is 23.2 Å². The topological polar surface area (TPSA) is 64.3 Å². The van der Waals surface area contributed by atoms with Crippen molar-refractivity contribution in [2.45, 2.75) is 44.7 Å². The zero-order valence-electron chi connectivity index (χ0n) is 16.5. The number of aromatic amines is 1. The van der Waals surface area contributed by atoms with Crippen LogP contribution in [0.25, 0.3) is 0 Å². The van der Waals surface area contributed by atoms with Gasteiger partial charge in [0.25, 0.3) is 5.56 Å². The molecule has 1 aromatic carbocycles. The molecule has 2 N–H and O–H groups in total. The molecule has 3 heterocycles. The van der Waals surface area contributed by atoms with Crippen LogP contribution in [0.1, 0.15) is 35.1 Å². The SMILES string of the molecule is CN1CCC(NCc2cc3c(cc2F)CN(c2cn[nH]c(=O)c2C(F)(F)F)C3)CC1. The molecule has 10 heteroatoms. The Kier molecular flexibility index (Phi) is 5.54. The molecule has 6 nitrogen and oxygen atoms in total. The lowest BCUT2D eigenvalue weighted by atomic mass is 10.0. The molecule has 2 aliphatic rings. The van der Waals surface area contributed by atoms with Gasteiger partial charge in [-0.15, -0.1) is 0 Å². The van der Waals surface area contributed by atoms with Gasteiger partial charge in [-0.3, -0.25) is 4.79 Å². The van der Waals surface area contributed by atoms with Crippen molar-refractivity contribution < 1.29 is 17.6 Å². The third-order valence-corrected chi connectivity index (χ3v) is 5.85. The molecule has 1 saturated heterocycles. The van der Waals surface area contributed by atoms with Gasteiger partial charge in [-0.2, -0.15) is 18.3 Å². The van der Waals surface area contributed by atoms with E-state index >= 15 is 0 Å². The van der Waals surface area contributed by atoms with Crippen LogP contribution in [-0.4, -0.2) is 41.3 Å². The van der Waals surface area contributed by atoms with Crippen LogP contribution in [0, 0.1) is 5.82 Å². The molecule has 0 unspecified atom stereocenters. The third-order valence-electron chi connectivity index (χ3n) is 5.85. The van der Waals surface area contributed by atoms with Crippen molar-refractivity contribution in [1.29, 1.82) is 0 Å². The van der Waals surface area contributed by atoms with E-state index in [0.29, 0.717) is 23.7 Å². The average molecular weight is 425 g/mol. The largest absolute Gasteiger partial charge is 0.423 e. The number of halogens is 4. The maximum atomic E-state index is 14.6. The highest BCUT2D eigenvalue weighted by molar-refractivity contribution is 5.56. The first kappa shape index (κ1) is 20.8. The van der Waals surface area contributed by atoms with E-state index < -0.39 is 17.3 Å². The van der Waals surface area contributed by atoms with Gasteiger partial charge < -0.3 is 15.1 Å². The number of piperidine rings is 1. The highest BCUT2D eigenvalue weighted by atomic mass is 19.4. The molecule has 0 spiro atoms. The lowest BCUT2D eigenvalue weighted by Gasteiger charge is -2.29. The Morgan fingerprint density at radius 2 is 1.87 bits per heavy atom. The van der Waals surface area contributed by atoms with Crippen LogP contribution < -0.4 is 15.8 Å². The fraction of sp³-hybridized carbons (Fsp3) is 0.500. The van der Waals surface area contributed by atoms with E-state index in [2.05, 4.69) is 22.4 Å². The molecule has 0 atom stereocenters. The van der Waals surface area contributed by atoms with Gasteiger partial charge in [-0.1, -0.05) is 0 Å². The molecule has 4 rings (SSSR count). The van der Waals surface area contributed by atoms with Crippen LogP contribution in [0.15, 0.2) is 23.1 Å². The molecule has 2 aromatic rings. The van der Waals surface area contributed by atoms with Gasteiger partial charge in [0.2, 0.25) is 0 Å². The summed E-state index contributed by atoms with van der Waals surface area (Å²) in [7, 11) is 2.07. The summed E-state index contributed by atoms with van der Waals surface area (Å²) in [6.45, 7) is 2.60. The van der Waals surface area contributed by atoms with Crippen LogP contribution >= 0.6 is 0 Å². The van der Waals surface area contributed by atoms with Crippen molar-refractivity contribution in [3.05, 3.63) is 56.8 Å². The molecule has 0 bridgehead atoms. The summed E-state index contributed by atoms with van der Waals surface area (Å²) in [5, 5.41) is 8.74. The van der Waals surface area contributed by atoms with Crippen molar-refractivity contribution >= 4 is 5.69 Å². The molecular formula is C20H23F4N5O. The second-order valence-electron chi connectivity index (χ2n) is 7.98. The Hall–Kier alpha value is -2.46. The number of hydrogen-bond donors (Lipinski definition) is 2. The number of likely N-dealkylation sites (tertiary alicyclic amines) is 1. The number of alkyl halides is 3. The quantitative estimate of drug-likeness (QED) is 0.738.